The van der Waals surface area contributed by atoms with E-state index in [2.05, 4.69) is 209 Å². The van der Waals surface area contributed by atoms with Gasteiger partial charge >= 0.3 is 0 Å². The van der Waals surface area contributed by atoms with Crippen LogP contribution in [0.2, 0.25) is 0 Å². The zero-order valence-corrected chi connectivity index (χ0v) is 34.8. The fraction of sp³-hybridized carbons (Fsp3) is 0.250. The summed E-state index contributed by atoms with van der Waals surface area (Å²) < 4.78 is 0. The summed E-state index contributed by atoms with van der Waals surface area (Å²) in [5.74, 6) is 0. The molecule has 0 saturated heterocycles. The molecule has 0 heterocycles. The van der Waals surface area contributed by atoms with Crippen molar-refractivity contribution in [3.05, 3.63) is 220 Å². The largest absolute Gasteiger partial charge is 0.311 e. The summed E-state index contributed by atoms with van der Waals surface area (Å²) in [7, 11) is 0. The Morgan fingerprint density at radius 2 is 0.561 bits per heavy atom. The maximum Gasteiger partial charge on any atom is 0.0461 e. The van der Waals surface area contributed by atoms with Gasteiger partial charge in [0.05, 0.1) is 0 Å². The summed E-state index contributed by atoms with van der Waals surface area (Å²) >= 11 is 0. The lowest BCUT2D eigenvalue weighted by atomic mass is 9.77. The number of aryl methyl sites for hydroxylation is 7. The highest BCUT2D eigenvalue weighted by molar-refractivity contribution is 5.76. The van der Waals surface area contributed by atoms with Gasteiger partial charge in [-0.05, 0) is 153 Å². The van der Waals surface area contributed by atoms with Crippen LogP contribution in [0, 0.1) is 20.8 Å². The quantitative estimate of drug-likeness (QED) is 0.0891. The number of benzene rings is 7. The third-order valence-electron chi connectivity index (χ3n) is 11.8. The highest BCUT2D eigenvalue weighted by atomic mass is 15.1. The van der Waals surface area contributed by atoms with Gasteiger partial charge in [-0.1, -0.05) is 164 Å². The van der Waals surface area contributed by atoms with E-state index in [-0.39, 0.29) is 5.41 Å². The Labute approximate surface area is 343 Å². The highest BCUT2D eigenvalue weighted by Crippen LogP contribution is 2.36. The van der Waals surface area contributed by atoms with Crippen LogP contribution in [0.1, 0.15) is 89.6 Å². The van der Waals surface area contributed by atoms with Crippen LogP contribution in [-0.2, 0) is 31.1 Å². The molecule has 0 aromatic heterocycles. The summed E-state index contributed by atoms with van der Waals surface area (Å²) in [6.07, 6.45) is 9.22. The van der Waals surface area contributed by atoms with Crippen LogP contribution in [0.25, 0.3) is 11.1 Å². The van der Waals surface area contributed by atoms with Crippen molar-refractivity contribution in [2.75, 3.05) is 4.90 Å². The van der Waals surface area contributed by atoms with E-state index in [1.165, 1.54) is 104 Å². The van der Waals surface area contributed by atoms with E-state index in [1.54, 1.807) is 0 Å². The zero-order valence-electron chi connectivity index (χ0n) is 34.8. The second-order valence-electron chi connectivity index (χ2n) is 16.7. The zero-order chi connectivity index (χ0) is 39.6. The normalized spacial score (nSPS) is 11.5. The lowest BCUT2D eigenvalue weighted by molar-refractivity contribution is 0.641. The summed E-state index contributed by atoms with van der Waals surface area (Å²) in [6, 6.07) is 63.6. The molecule has 0 bridgehead atoms. The van der Waals surface area contributed by atoms with Gasteiger partial charge in [-0.15, -0.1) is 0 Å². The van der Waals surface area contributed by atoms with Gasteiger partial charge in [-0.25, -0.2) is 0 Å². The number of nitrogens with zero attached hydrogens (tertiary/aromatic N) is 1. The second kappa shape index (κ2) is 18.5. The second-order valence-corrected chi connectivity index (χ2v) is 16.7. The molecule has 288 valence electrons. The van der Waals surface area contributed by atoms with E-state index in [0.717, 1.165) is 25.7 Å². The van der Waals surface area contributed by atoms with E-state index in [4.69, 9.17) is 0 Å². The molecule has 0 spiro atoms. The molecule has 57 heavy (non-hydrogen) atoms. The number of hydrogen-bond donors (Lipinski definition) is 0. The first-order valence-electron chi connectivity index (χ1n) is 21.1. The smallest absolute Gasteiger partial charge is 0.0461 e. The van der Waals surface area contributed by atoms with Crippen LogP contribution < -0.4 is 4.90 Å². The van der Waals surface area contributed by atoms with Crippen molar-refractivity contribution in [3.63, 3.8) is 0 Å². The Balaban J connectivity index is 0.912. The topological polar surface area (TPSA) is 3.24 Å². The van der Waals surface area contributed by atoms with Crippen molar-refractivity contribution in [3.8, 4) is 11.1 Å². The molecule has 0 radical (unpaired) electrons. The molecular formula is C56H59N. The average molecular weight is 746 g/mol. The van der Waals surface area contributed by atoms with E-state index < -0.39 is 0 Å². The maximum atomic E-state index is 2.38. The first-order valence-corrected chi connectivity index (χ1v) is 21.1. The molecule has 0 fully saturated rings. The molecule has 7 rings (SSSR count). The summed E-state index contributed by atoms with van der Waals surface area (Å²) in [5.41, 5.74) is 18.3. The maximum absolute atomic E-state index is 2.38. The summed E-state index contributed by atoms with van der Waals surface area (Å²) in [4.78, 5) is 2.38. The fourth-order valence-electron chi connectivity index (χ4n) is 7.92. The van der Waals surface area contributed by atoms with Crippen molar-refractivity contribution in [2.24, 2.45) is 0 Å². The van der Waals surface area contributed by atoms with Crippen molar-refractivity contribution in [2.45, 2.75) is 91.4 Å². The van der Waals surface area contributed by atoms with Gasteiger partial charge in [0.15, 0.2) is 0 Å². The van der Waals surface area contributed by atoms with Gasteiger partial charge in [-0.3, -0.25) is 0 Å². The number of unbranched alkanes of at least 4 members (excludes halogenated alkanes) is 2. The Kier molecular flexibility index (Phi) is 12.9. The predicted octanol–water partition coefficient (Wildman–Crippen LogP) is 15.2. The van der Waals surface area contributed by atoms with Crippen LogP contribution in [0.4, 0.5) is 17.1 Å². The lowest BCUT2D eigenvalue weighted by Gasteiger charge is -2.26. The molecule has 0 aliphatic heterocycles. The Morgan fingerprint density at radius 3 is 0.930 bits per heavy atom. The van der Waals surface area contributed by atoms with Crippen molar-refractivity contribution in [1.82, 2.24) is 0 Å². The molecule has 0 amide bonds. The molecule has 0 aliphatic rings. The molecule has 0 unspecified atom stereocenters. The lowest BCUT2D eigenvalue weighted by Crippen LogP contribution is -2.18. The summed E-state index contributed by atoms with van der Waals surface area (Å²) in [6.45, 7) is 11.1. The van der Waals surface area contributed by atoms with E-state index in [0.29, 0.717) is 0 Å². The van der Waals surface area contributed by atoms with Crippen LogP contribution in [0.3, 0.4) is 0 Å². The van der Waals surface area contributed by atoms with E-state index >= 15 is 0 Å². The van der Waals surface area contributed by atoms with Crippen LogP contribution in [-0.4, -0.2) is 0 Å². The van der Waals surface area contributed by atoms with Gasteiger partial charge in [0.2, 0.25) is 0 Å². The van der Waals surface area contributed by atoms with Crippen LogP contribution in [0.15, 0.2) is 170 Å². The SMILES string of the molecule is Cc1ccc(CCCCc2ccc(N(c3ccc(C)cc3)c3ccc(CCCCc4ccc(-c5ccc(C(C)(C)c6ccc(C)cc6)cc5)cc4)cc3)cc2)cc1. The molecule has 7 aromatic rings. The number of anilines is 3. The molecule has 0 aliphatic carbocycles. The first kappa shape index (κ1) is 39.6. The molecule has 0 atom stereocenters. The third kappa shape index (κ3) is 10.4. The molecule has 0 N–H and O–H groups in total. The van der Waals surface area contributed by atoms with E-state index in [1.807, 2.05) is 0 Å². The minimum atomic E-state index is -0.0322. The minimum Gasteiger partial charge on any atom is -0.311 e. The predicted molar refractivity (Wildman–Crippen MR) is 246 cm³/mol. The fourth-order valence-corrected chi connectivity index (χ4v) is 7.92. The average Bonchev–Trinajstić information content (AvgIpc) is 3.24. The van der Waals surface area contributed by atoms with Gasteiger partial charge in [0.1, 0.15) is 0 Å². The first-order chi connectivity index (χ1) is 27.7. The standard InChI is InChI=1S/C56H59N/c1-42-14-20-45(21-15-42)10-6-8-12-47-24-38-54(39-25-47)57(53-36-18-44(3)19-37-53)55-40-26-48(27-41-55)13-9-7-11-46-22-28-49(29-23-46)50-30-34-52(35-31-50)56(4,5)51-32-16-43(2)17-33-51/h14-41H,6-13H2,1-5H3. The van der Waals surface area contributed by atoms with Crippen LogP contribution >= 0.6 is 0 Å². The molecule has 7 aromatic carbocycles. The molecule has 1 nitrogen and oxygen atoms in total. The molecule has 1 heteroatoms. The van der Waals surface area contributed by atoms with Crippen molar-refractivity contribution in [1.29, 1.82) is 0 Å². The van der Waals surface area contributed by atoms with Crippen molar-refractivity contribution < 1.29 is 0 Å². The highest BCUT2D eigenvalue weighted by Gasteiger charge is 2.23. The number of hydrogen-bond acceptors (Lipinski definition) is 1. The van der Waals surface area contributed by atoms with Crippen LogP contribution in [0.5, 0.6) is 0 Å². The number of rotatable bonds is 16. The van der Waals surface area contributed by atoms with Gasteiger partial charge in [0.25, 0.3) is 0 Å². The summed E-state index contributed by atoms with van der Waals surface area (Å²) in [5, 5.41) is 0. The van der Waals surface area contributed by atoms with E-state index in [9.17, 15) is 0 Å². The third-order valence-corrected chi connectivity index (χ3v) is 11.8. The molecule has 0 saturated carbocycles. The minimum absolute atomic E-state index is 0.0322. The van der Waals surface area contributed by atoms with Gasteiger partial charge in [-0.2, -0.15) is 0 Å². The van der Waals surface area contributed by atoms with Crippen molar-refractivity contribution >= 4 is 17.1 Å². The Hall–Kier alpha value is -5.66. The molecular weight excluding hydrogens is 687 g/mol. The Morgan fingerprint density at radius 1 is 0.316 bits per heavy atom. The monoisotopic (exact) mass is 745 g/mol. The van der Waals surface area contributed by atoms with Gasteiger partial charge < -0.3 is 4.90 Å². The Bertz CT molecular complexity index is 2280. The van der Waals surface area contributed by atoms with Gasteiger partial charge in [0, 0.05) is 22.5 Å².